The minimum Gasteiger partial charge on any atom is -0.384 e. The normalized spacial score (nSPS) is 11.4. The number of aryl methyl sites for hydroxylation is 1. The average molecular weight is 288 g/mol. The van der Waals surface area contributed by atoms with Gasteiger partial charge in [0.05, 0.1) is 23.1 Å². The number of pyridine rings is 1. The maximum absolute atomic E-state index is 12.1. The van der Waals surface area contributed by atoms with Crippen molar-refractivity contribution in [2.24, 2.45) is 7.05 Å². The third kappa shape index (κ3) is 2.39. The lowest BCUT2D eigenvalue weighted by Gasteiger charge is -2.08. The van der Waals surface area contributed by atoms with Crippen molar-refractivity contribution in [2.75, 3.05) is 10.5 Å². The fourth-order valence-corrected chi connectivity index (χ4v) is 3.07. The molecule has 0 radical (unpaired) electrons. The molecule has 0 spiro atoms. The Morgan fingerprint density at radius 1 is 1.39 bits per heavy atom. The Morgan fingerprint density at radius 2 is 2.11 bits per heavy atom. The second-order valence-corrected chi connectivity index (χ2v) is 5.50. The predicted octanol–water partition coefficient (Wildman–Crippen LogP) is 0.851. The summed E-state index contributed by atoms with van der Waals surface area (Å²) in [6.45, 7) is 0. The van der Waals surface area contributed by atoms with Crippen LogP contribution in [0.4, 0.5) is 11.5 Å². The summed E-state index contributed by atoms with van der Waals surface area (Å²) in [4.78, 5) is 3.78. The van der Waals surface area contributed by atoms with E-state index in [0.717, 1.165) is 0 Å². The molecule has 0 aliphatic heterocycles. The average Bonchev–Trinajstić information content (AvgIpc) is 2.62. The first-order valence-electron chi connectivity index (χ1n) is 4.82. The molecule has 0 atom stereocenters. The van der Waals surface area contributed by atoms with Gasteiger partial charge in [-0.3, -0.25) is 9.40 Å². The zero-order valence-corrected chi connectivity index (χ0v) is 10.9. The molecule has 2 rings (SSSR count). The van der Waals surface area contributed by atoms with Gasteiger partial charge in [0.25, 0.3) is 10.0 Å². The third-order valence-corrected chi connectivity index (χ3v) is 4.02. The number of hydrogen-bond donors (Lipinski definition) is 2. The van der Waals surface area contributed by atoms with Crippen LogP contribution in [0.1, 0.15) is 0 Å². The Balaban J connectivity index is 2.36. The Kier molecular flexibility index (Phi) is 3.14. The highest BCUT2D eigenvalue weighted by Crippen LogP contribution is 2.22. The third-order valence-electron chi connectivity index (χ3n) is 2.14. The number of nitrogens with one attached hydrogen (secondary N) is 1. The van der Waals surface area contributed by atoms with Gasteiger partial charge in [0.1, 0.15) is 5.82 Å². The summed E-state index contributed by atoms with van der Waals surface area (Å²) < 4.78 is 27.7. The zero-order valence-electron chi connectivity index (χ0n) is 9.33. The van der Waals surface area contributed by atoms with Crippen LogP contribution in [0.3, 0.4) is 0 Å². The number of aromatic nitrogens is 3. The Labute approximate surface area is 109 Å². The monoisotopic (exact) mass is 287 g/mol. The van der Waals surface area contributed by atoms with Crippen LogP contribution >= 0.6 is 11.6 Å². The van der Waals surface area contributed by atoms with Crippen molar-refractivity contribution in [3.63, 3.8) is 0 Å². The van der Waals surface area contributed by atoms with Crippen LogP contribution in [0.15, 0.2) is 29.6 Å². The predicted molar refractivity (Wildman–Crippen MR) is 67.7 cm³/mol. The van der Waals surface area contributed by atoms with Crippen molar-refractivity contribution in [3.05, 3.63) is 29.5 Å². The highest BCUT2D eigenvalue weighted by molar-refractivity contribution is 7.92. The second-order valence-electron chi connectivity index (χ2n) is 3.50. The molecule has 18 heavy (non-hydrogen) atoms. The SMILES string of the molecule is Cn1ncc(Cl)c1S(=O)(=O)Nc1ccc(N)nc1. The zero-order chi connectivity index (χ0) is 13.3. The summed E-state index contributed by atoms with van der Waals surface area (Å²) in [7, 11) is -2.32. The Morgan fingerprint density at radius 3 is 2.61 bits per heavy atom. The number of rotatable bonds is 3. The molecular formula is C9H10ClN5O2S. The molecule has 7 nitrogen and oxygen atoms in total. The fourth-order valence-electron chi connectivity index (χ4n) is 1.37. The number of nitrogen functional groups attached to an aromatic ring is 1. The van der Waals surface area contributed by atoms with Crippen molar-refractivity contribution in [1.82, 2.24) is 14.8 Å². The molecule has 0 aliphatic rings. The first-order valence-corrected chi connectivity index (χ1v) is 6.68. The van der Waals surface area contributed by atoms with Gasteiger partial charge in [0.2, 0.25) is 0 Å². The van der Waals surface area contributed by atoms with Gasteiger partial charge in [-0.1, -0.05) is 11.6 Å². The summed E-state index contributed by atoms with van der Waals surface area (Å²) in [5.74, 6) is 0.302. The quantitative estimate of drug-likeness (QED) is 0.871. The molecule has 0 saturated heterocycles. The van der Waals surface area contributed by atoms with E-state index in [1.54, 1.807) is 0 Å². The molecular weight excluding hydrogens is 278 g/mol. The van der Waals surface area contributed by atoms with Crippen LogP contribution in [0, 0.1) is 0 Å². The number of halogens is 1. The summed E-state index contributed by atoms with van der Waals surface area (Å²) in [5.41, 5.74) is 5.70. The molecule has 0 aromatic carbocycles. The lowest BCUT2D eigenvalue weighted by Crippen LogP contribution is -2.17. The summed E-state index contributed by atoms with van der Waals surface area (Å²) in [5, 5.41) is 3.71. The van der Waals surface area contributed by atoms with E-state index in [0.29, 0.717) is 11.5 Å². The lowest BCUT2D eigenvalue weighted by molar-refractivity contribution is 0.582. The van der Waals surface area contributed by atoms with E-state index in [4.69, 9.17) is 17.3 Å². The van der Waals surface area contributed by atoms with Gasteiger partial charge in [-0.05, 0) is 12.1 Å². The number of sulfonamides is 1. The van der Waals surface area contributed by atoms with Crippen LogP contribution in [0.5, 0.6) is 0 Å². The summed E-state index contributed by atoms with van der Waals surface area (Å²) >= 11 is 5.78. The minimum atomic E-state index is -3.81. The van der Waals surface area contributed by atoms with Crippen LogP contribution in [0.25, 0.3) is 0 Å². The van der Waals surface area contributed by atoms with Gasteiger partial charge in [-0.15, -0.1) is 0 Å². The Hall–Kier alpha value is -1.80. The molecule has 0 fully saturated rings. The van der Waals surface area contributed by atoms with Gasteiger partial charge >= 0.3 is 0 Å². The van der Waals surface area contributed by atoms with Crippen LogP contribution in [0.2, 0.25) is 5.02 Å². The number of nitrogens with two attached hydrogens (primary N) is 1. The highest BCUT2D eigenvalue weighted by Gasteiger charge is 2.22. The van der Waals surface area contributed by atoms with E-state index in [2.05, 4.69) is 14.8 Å². The summed E-state index contributed by atoms with van der Waals surface area (Å²) in [6, 6.07) is 2.99. The van der Waals surface area contributed by atoms with E-state index in [-0.39, 0.29) is 10.0 Å². The summed E-state index contributed by atoms with van der Waals surface area (Å²) in [6.07, 6.45) is 2.58. The van der Waals surface area contributed by atoms with Crippen LogP contribution < -0.4 is 10.5 Å². The molecule has 0 bridgehead atoms. The van der Waals surface area contributed by atoms with Crippen molar-refractivity contribution in [2.45, 2.75) is 5.03 Å². The molecule has 9 heteroatoms. The molecule has 0 unspecified atom stereocenters. The van der Waals surface area contributed by atoms with Gasteiger partial charge in [-0.25, -0.2) is 4.98 Å². The highest BCUT2D eigenvalue weighted by atomic mass is 35.5. The first-order chi connectivity index (χ1) is 8.40. The molecule has 2 aromatic heterocycles. The molecule has 0 aliphatic carbocycles. The molecule has 0 amide bonds. The van der Waals surface area contributed by atoms with E-state index in [1.807, 2.05) is 0 Å². The number of anilines is 2. The maximum atomic E-state index is 12.1. The Bertz CT molecular complexity index is 645. The molecule has 2 aromatic rings. The van der Waals surface area contributed by atoms with Crippen molar-refractivity contribution >= 4 is 33.1 Å². The lowest BCUT2D eigenvalue weighted by atomic mass is 10.4. The van der Waals surface area contributed by atoms with Gasteiger partial charge in [-0.2, -0.15) is 13.5 Å². The molecule has 2 heterocycles. The molecule has 3 N–H and O–H groups in total. The van der Waals surface area contributed by atoms with Gasteiger partial charge in [0, 0.05) is 7.05 Å². The first kappa shape index (κ1) is 12.7. The standard InChI is InChI=1S/C9H10ClN5O2S/c1-15-9(7(10)5-13-15)18(16,17)14-6-2-3-8(11)12-4-6/h2-5,14H,1H3,(H2,11,12). The van der Waals surface area contributed by atoms with Crippen molar-refractivity contribution in [1.29, 1.82) is 0 Å². The van der Waals surface area contributed by atoms with Crippen LogP contribution in [-0.2, 0) is 17.1 Å². The van der Waals surface area contributed by atoms with Gasteiger partial charge < -0.3 is 5.73 Å². The van der Waals surface area contributed by atoms with E-state index >= 15 is 0 Å². The minimum absolute atomic E-state index is 0.0494. The van der Waals surface area contributed by atoms with E-state index in [9.17, 15) is 8.42 Å². The van der Waals surface area contributed by atoms with E-state index in [1.165, 1.54) is 36.3 Å². The molecule has 96 valence electrons. The van der Waals surface area contributed by atoms with E-state index < -0.39 is 10.0 Å². The maximum Gasteiger partial charge on any atom is 0.280 e. The van der Waals surface area contributed by atoms with Crippen molar-refractivity contribution < 1.29 is 8.42 Å². The van der Waals surface area contributed by atoms with Crippen molar-refractivity contribution in [3.8, 4) is 0 Å². The number of hydrogen-bond acceptors (Lipinski definition) is 5. The molecule has 0 saturated carbocycles. The smallest absolute Gasteiger partial charge is 0.280 e. The fraction of sp³-hybridized carbons (Fsp3) is 0.111. The van der Waals surface area contributed by atoms with Gasteiger partial charge in [0.15, 0.2) is 5.03 Å². The van der Waals surface area contributed by atoms with Crippen LogP contribution in [-0.4, -0.2) is 23.2 Å². The number of nitrogens with zero attached hydrogens (tertiary/aromatic N) is 3. The topological polar surface area (TPSA) is 103 Å². The largest absolute Gasteiger partial charge is 0.384 e. The second kappa shape index (κ2) is 4.46.